The molecule has 6 nitrogen and oxygen atoms in total. The lowest BCUT2D eigenvalue weighted by atomic mass is 9.98. The molecule has 1 aliphatic heterocycles. The summed E-state index contributed by atoms with van der Waals surface area (Å²) < 4.78 is 33.0. The van der Waals surface area contributed by atoms with Crippen LogP contribution in [0.4, 0.5) is 0 Å². The van der Waals surface area contributed by atoms with E-state index in [9.17, 15) is 13.2 Å². The zero-order valence-corrected chi connectivity index (χ0v) is 19.5. The number of sulfonamides is 1. The van der Waals surface area contributed by atoms with Gasteiger partial charge >= 0.3 is 0 Å². The van der Waals surface area contributed by atoms with Crippen molar-refractivity contribution in [1.82, 2.24) is 9.62 Å². The van der Waals surface area contributed by atoms with Gasteiger partial charge in [0, 0.05) is 24.2 Å². The molecule has 0 saturated carbocycles. The summed E-state index contributed by atoms with van der Waals surface area (Å²) in [4.78, 5) is 12.9. The van der Waals surface area contributed by atoms with Crippen LogP contribution >= 0.6 is 11.6 Å². The number of piperidine rings is 1. The molecule has 1 aliphatic rings. The minimum atomic E-state index is -3.82. The molecule has 8 heteroatoms. The molecule has 0 bridgehead atoms. The third-order valence-corrected chi connectivity index (χ3v) is 7.72. The molecule has 1 fully saturated rings. The number of ether oxygens (including phenoxy) is 1. The predicted molar refractivity (Wildman–Crippen MR) is 122 cm³/mol. The molecule has 1 saturated heterocycles. The Morgan fingerprint density at radius 1 is 1.26 bits per heavy atom. The van der Waals surface area contributed by atoms with Crippen molar-refractivity contribution in [3.63, 3.8) is 0 Å². The Hall–Kier alpha value is -2.09. The van der Waals surface area contributed by atoms with Gasteiger partial charge in [-0.1, -0.05) is 41.9 Å². The molecule has 0 aromatic heterocycles. The van der Waals surface area contributed by atoms with E-state index in [0.717, 1.165) is 12.8 Å². The minimum absolute atomic E-state index is 0.00714. The summed E-state index contributed by atoms with van der Waals surface area (Å²) >= 11 is 6.03. The Morgan fingerprint density at radius 3 is 2.71 bits per heavy atom. The van der Waals surface area contributed by atoms with Crippen molar-refractivity contribution >= 4 is 27.5 Å². The molecule has 0 aliphatic carbocycles. The second-order valence-corrected chi connectivity index (χ2v) is 10.3. The number of carbonyl (C=O) groups is 1. The fraction of sp³-hybridized carbons (Fsp3) is 0.435. The van der Waals surface area contributed by atoms with Crippen molar-refractivity contribution in [2.75, 3.05) is 20.2 Å². The maximum absolute atomic E-state index is 13.2. The zero-order chi connectivity index (χ0) is 22.4. The van der Waals surface area contributed by atoms with Crippen molar-refractivity contribution in [3.05, 3.63) is 59.1 Å². The van der Waals surface area contributed by atoms with E-state index in [1.807, 2.05) is 25.1 Å². The van der Waals surface area contributed by atoms with Gasteiger partial charge in [-0.05, 0) is 56.4 Å². The fourth-order valence-electron chi connectivity index (χ4n) is 3.83. The van der Waals surface area contributed by atoms with E-state index in [2.05, 4.69) is 17.4 Å². The predicted octanol–water partition coefficient (Wildman–Crippen LogP) is 3.89. The summed E-state index contributed by atoms with van der Waals surface area (Å²) in [7, 11) is -2.40. The van der Waals surface area contributed by atoms with Crippen molar-refractivity contribution in [2.45, 2.75) is 43.5 Å². The van der Waals surface area contributed by atoms with Gasteiger partial charge in [0.15, 0.2) is 0 Å². The molecule has 0 unspecified atom stereocenters. The number of carbonyl (C=O) groups excluding carboxylic acids is 1. The van der Waals surface area contributed by atoms with E-state index in [-0.39, 0.29) is 35.1 Å². The molecule has 1 amide bonds. The summed E-state index contributed by atoms with van der Waals surface area (Å²) in [6.45, 7) is 2.50. The molecule has 31 heavy (non-hydrogen) atoms. The molecular weight excluding hydrogens is 436 g/mol. The van der Waals surface area contributed by atoms with Gasteiger partial charge in [0.05, 0.1) is 13.0 Å². The largest absolute Gasteiger partial charge is 0.495 e. The Kier molecular flexibility index (Phi) is 7.97. The fourth-order valence-corrected chi connectivity index (χ4v) is 5.77. The highest BCUT2D eigenvalue weighted by Gasteiger charge is 2.35. The molecule has 0 radical (unpaired) electrons. The first kappa shape index (κ1) is 23.6. The summed E-state index contributed by atoms with van der Waals surface area (Å²) in [5, 5.41) is 3.37. The molecule has 1 N–H and O–H groups in total. The van der Waals surface area contributed by atoms with E-state index >= 15 is 0 Å². The van der Waals surface area contributed by atoms with E-state index in [1.54, 1.807) is 6.07 Å². The topological polar surface area (TPSA) is 75.7 Å². The molecule has 1 heterocycles. The number of nitrogens with one attached hydrogen (secondary N) is 1. The third-order valence-electron chi connectivity index (χ3n) is 5.60. The van der Waals surface area contributed by atoms with Crippen LogP contribution in [-0.2, 0) is 21.2 Å². The lowest BCUT2D eigenvalue weighted by Crippen LogP contribution is -2.47. The number of rotatable bonds is 8. The zero-order valence-electron chi connectivity index (χ0n) is 17.9. The second-order valence-electron chi connectivity index (χ2n) is 7.93. The maximum atomic E-state index is 13.2. The van der Waals surface area contributed by atoms with Crippen LogP contribution in [0.25, 0.3) is 0 Å². The number of nitrogens with zero attached hydrogens (tertiary/aromatic N) is 1. The van der Waals surface area contributed by atoms with Crippen molar-refractivity contribution < 1.29 is 17.9 Å². The van der Waals surface area contributed by atoms with Crippen LogP contribution in [-0.4, -0.2) is 44.9 Å². The number of amides is 1. The average Bonchev–Trinajstić information content (AvgIpc) is 2.78. The number of aryl methyl sites for hydroxylation is 1. The Morgan fingerprint density at radius 2 is 2.00 bits per heavy atom. The van der Waals surface area contributed by atoms with Gasteiger partial charge in [-0.2, -0.15) is 4.31 Å². The van der Waals surface area contributed by atoms with Crippen LogP contribution in [0, 0.1) is 5.92 Å². The van der Waals surface area contributed by atoms with E-state index < -0.39 is 10.0 Å². The van der Waals surface area contributed by atoms with Crippen LogP contribution in [0.1, 0.15) is 31.7 Å². The first-order valence-electron chi connectivity index (χ1n) is 10.5. The molecular formula is C23H29ClN2O4S. The minimum Gasteiger partial charge on any atom is -0.495 e. The van der Waals surface area contributed by atoms with Gasteiger partial charge in [0.1, 0.15) is 10.6 Å². The highest BCUT2D eigenvalue weighted by atomic mass is 35.5. The Bertz CT molecular complexity index is 998. The van der Waals surface area contributed by atoms with Crippen LogP contribution in [0.3, 0.4) is 0 Å². The lowest BCUT2D eigenvalue weighted by molar-refractivity contribution is -0.126. The summed E-state index contributed by atoms with van der Waals surface area (Å²) in [5.41, 5.74) is 1.23. The average molecular weight is 465 g/mol. The van der Waals surface area contributed by atoms with E-state index in [4.69, 9.17) is 16.3 Å². The first-order chi connectivity index (χ1) is 14.8. The van der Waals surface area contributed by atoms with Crippen LogP contribution in [0.15, 0.2) is 53.4 Å². The van der Waals surface area contributed by atoms with Crippen molar-refractivity contribution in [3.8, 4) is 5.75 Å². The lowest BCUT2D eigenvalue weighted by Gasteiger charge is -2.32. The van der Waals surface area contributed by atoms with Gasteiger partial charge < -0.3 is 10.1 Å². The van der Waals surface area contributed by atoms with Gasteiger partial charge in [-0.15, -0.1) is 0 Å². The standard InChI is InChI=1S/C23H29ClN2O4S/c1-17(10-11-18-7-4-3-5-8-18)25-23(27)19-9-6-14-26(16-19)31(28,29)22-15-20(24)12-13-21(22)30-2/h3-5,7-8,12-13,15,17,19H,6,9-11,14,16H2,1-2H3,(H,25,27)/t17-,19-/m0/s1. The summed E-state index contributed by atoms with van der Waals surface area (Å²) in [6.07, 6.45) is 2.99. The number of halogens is 1. The number of hydrogen-bond donors (Lipinski definition) is 1. The third kappa shape index (κ3) is 5.99. The second kappa shape index (κ2) is 10.5. The molecule has 0 spiro atoms. The van der Waals surface area contributed by atoms with Gasteiger partial charge in [-0.3, -0.25) is 4.79 Å². The van der Waals surface area contributed by atoms with Crippen LogP contribution < -0.4 is 10.1 Å². The molecule has 2 atom stereocenters. The molecule has 2 aromatic rings. The van der Waals surface area contributed by atoms with E-state index in [0.29, 0.717) is 24.4 Å². The highest BCUT2D eigenvalue weighted by molar-refractivity contribution is 7.89. The van der Waals surface area contributed by atoms with Crippen molar-refractivity contribution in [2.24, 2.45) is 5.92 Å². The van der Waals surface area contributed by atoms with Crippen LogP contribution in [0.5, 0.6) is 5.75 Å². The van der Waals surface area contributed by atoms with Crippen molar-refractivity contribution in [1.29, 1.82) is 0 Å². The number of hydrogen-bond acceptors (Lipinski definition) is 4. The summed E-state index contributed by atoms with van der Waals surface area (Å²) in [5.74, 6) is -0.239. The number of methoxy groups -OCH3 is 1. The molecule has 2 aromatic carbocycles. The highest BCUT2D eigenvalue weighted by Crippen LogP contribution is 2.32. The maximum Gasteiger partial charge on any atom is 0.246 e. The quantitative estimate of drug-likeness (QED) is 0.643. The monoisotopic (exact) mass is 464 g/mol. The van der Waals surface area contributed by atoms with Gasteiger partial charge in [0.25, 0.3) is 0 Å². The van der Waals surface area contributed by atoms with Gasteiger partial charge in [-0.25, -0.2) is 8.42 Å². The molecule has 3 rings (SSSR count). The van der Waals surface area contributed by atoms with E-state index in [1.165, 1.54) is 29.1 Å². The van der Waals surface area contributed by atoms with Crippen LogP contribution in [0.2, 0.25) is 5.02 Å². The Labute approximate surface area is 189 Å². The van der Waals surface area contributed by atoms with Gasteiger partial charge in [0.2, 0.25) is 15.9 Å². The Balaban J connectivity index is 1.63. The summed E-state index contributed by atoms with van der Waals surface area (Å²) in [6, 6.07) is 14.7. The number of benzene rings is 2. The SMILES string of the molecule is COc1ccc(Cl)cc1S(=O)(=O)N1CCC[C@H](C(=O)N[C@@H](C)CCc2ccccc2)C1. The normalized spacial score (nSPS) is 18.4. The smallest absolute Gasteiger partial charge is 0.246 e. The molecule has 168 valence electrons. The first-order valence-corrected chi connectivity index (χ1v) is 12.3.